The minimum atomic E-state index is -1.82. The Morgan fingerprint density at radius 3 is 2.25 bits per heavy atom. The van der Waals surface area contributed by atoms with E-state index in [4.69, 9.17) is 24.5 Å². The normalized spacial score (nSPS) is 14.6. The van der Waals surface area contributed by atoms with E-state index in [1.807, 2.05) is 0 Å². The van der Waals surface area contributed by atoms with Gasteiger partial charge in [-0.1, -0.05) is 0 Å². The van der Waals surface area contributed by atoms with Crippen molar-refractivity contribution in [3.63, 3.8) is 0 Å². The standard InChI is InChI=1S/C16H25N3O3.C2H2O4/c1-14-13-15(5-6-16(14)19(20)21)22-12-4-3-7-18-10-8-17(2)9-11-18;3-1(4)2(5)6/h5-6,13H,3-4,7-12H2,1-2H3;(H,3,4)(H,5,6). The highest BCUT2D eigenvalue weighted by molar-refractivity contribution is 6.27. The van der Waals surface area contributed by atoms with Crippen LogP contribution in [0.25, 0.3) is 0 Å². The second-order valence-electron chi connectivity index (χ2n) is 6.52. The first kappa shape index (κ1) is 23.3. The molecule has 10 nitrogen and oxygen atoms in total. The van der Waals surface area contributed by atoms with E-state index in [0.29, 0.717) is 17.9 Å². The Balaban J connectivity index is 0.000000568. The van der Waals surface area contributed by atoms with Gasteiger partial charge in [-0.2, -0.15) is 0 Å². The monoisotopic (exact) mass is 397 g/mol. The topological polar surface area (TPSA) is 133 Å². The number of nitrogens with zero attached hydrogens (tertiary/aromatic N) is 3. The Bertz CT molecular complexity index is 661. The summed E-state index contributed by atoms with van der Waals surface area (Å²) in [5, 5.41) is 25.5. The van der Waals surface area contributed by atoms with Crippen LogP contribution in [-0.2, 0) is 9.59 Å². The third-order valence-electron chi connectivity index (χ3n) is 4.28. The molecule has 0 amide bonds. The van der Waals surface area contributed by atoms with Gasteiger partial charge in [0, 0.05) is 37.8 Å². The quantitative estimate of drug-likeness (QED) is 0.303. The molecule has 0 bridgehead atoms. The van der Waals surface area contributed by atoms with E-state index in [1.54, 1.807) is 19.1 Å². The van der Waals surface area contributed by atoms with Crippen LogP contribution >= 0.6 is 0 Å². The van der Waals surface area contributed by atoms with Crippen molar-refractivity contribution in [2.45, 2.75) is 19.8 Å². The summed E-state index contributed by atoms with van der Waals surface area (Å²) in [6.07, 6.45) is 2.12. The van der Waals surface area contributed by atoms with Crippen molar-refractivity contribution in [3.05, 3.63) is 33.9 Å². The van der Waals surface area contributed by atoms with Crippen LogP contribution in [-0.4, -0.2) is 83.3 Å². The second-order valence-corrected chi connectivity index (χ2v) is 6.52. The van der Waals surface area contributed by atoms with E-state index in [-0.39, 0.29) is 10.6 Å². The molecule has 1 fully saturated rings. The number of ether oxygens (including phenoxy) is 1. The molecule has 1 saturated heterocycles. The number of rotatable bonds is 7. The molecule has 0 atom stereocenters. The van der Waals surface area contributed by atoms with E-state index in [2.05, 4.69) is 16.8 Å². The molecular weight excluding hydrogens is 370 g/mol. The summed E-state index contributed by atoms with van der Waals surface area (Å²) < 4.78 is 5.68. The SMILES string of the molecule is Cc1cc(OCCCCN2CCN(C)CC2)ccc1[N+](=O)[O-].O=C(O)C(=O)O. The molecule has 0 aliphatic carbocycles. The highest BCUT2D eigenvalue weighted by atomic mass is 16.6. The van der Waals surface area contributed by atoms with Gasteiger partial charge in [0.1, 0.15) is 5.75 Å². The molecule has 0 unspecified atom stereocenters. The predicted octanol–water partition coefficient (Wildman–Crippen LogP) is 1.47. The van der Waals surface area contributed by atoms with Crippen molar-refractivity contribution in [2.24, 2.45) is 0 Å². The minimum absolute atomic E-state index is 0.141. The van der Waals surface area contributed by atoms with Gasteiger partial charge in [-0.25, -0.2) is 9.59 Å². The fraction of sp³-hybridized carbons (Fsp3) is 0.556. The van der Waals surface area contributed by atoms with Crippen LogP contribution in [0.5, 0.6) is 5.75 Å². The van der Waals surface area contributed by atoms with Crippen LogP contribution in [0.3, 0.4) is 0 Å². The summed E-state index contributed by atoms with van der Waals surface area (Å²) in [7, 11) is 2.16. The molecule has 1 heterocycles. The van der Waals surface area contributed by atoms with Crippen LogP contribution < -0.4 is 4.74 Å². The zero-order valence-electron chi connectivity index (χ0n) is 16.2. The maximum absolute atomic E-state index is 10.8. The van der Waals surface area contributed by atoms with Crippen molar-refractivity contribution in [1.29, 1.82) is 0 Å². The number of aliphatic carboxylic acids is 2. The zero-order valence-corrected chi connectivity index (χ0v) is 16.2. The van der Waals surface area contributed by atoms with Gasteiger partial charge in [0.25, 0.3) is 5.69 Å². The Morgan fingerprint density at radius 2 is 1.75 bits per heavy atom. The molecule has 0 radical (unpaired) electrons. The largest absolute Gasteiger partial charge is 0.494 e. The third-order valence-corrected chi connectivity index (χ3v) is 4.28. The summed E-state index contributed by atoms with van der Waals surface area (Å²) in [5.74, 6) is -2.94. The first-order valence-corrected chi connectivity index (χ1v) is 8.95. The molecule has 1 aromatic rings. The lowest BCUT2D eigenvalue weighted by atomic mass is 10.2. The van der Waals surface area contributed by atoms with E-state index >= 15 is 0 Å². The van der Waals surface area contributed by atoms with Crippen LogP contribution in [0, 0.1) is 17.0 Å². The summed E-state index contributed by atoms with van der Waals surface area (Å²) in [6.45, 7) is 8.12. The van der Waals surface area contributed by atoms with Gasteiger partial charge in [0.15, 0.2) is 0 Å². The maximum Gasteiger partial charge on any atom is 0.414 e. The summed E-state index contributed by atoms with van der Waals surface area (Å²) in [5.41, 5.74) is 0.780. The number of likely N-dealkylation sites (N-methyl/N-ethyl adjacent to an activating group) is 1. The van der Waals surface area contributed by atoms with Crippen molar-refractivity contribution < 1.29 is 29.5 Å². The highest BCUT2D eigenvalue weighted by Crippen LogP contribution is 2.23. The number of benzene rings is 1. The van der Waals surface area contributed by atoms with E-state index in [0.717, 1.165) is 45.6 Å². The Hall–Kier alpha value is -2.72. The number of nitro groups is 1. The highest BCUT2D eigenvalue weighted by Gasteiger charge is 2.13. The van der Waals surface area contributed by atoms with Crippen LogP contribution in [0.1, 0.15) is 18.4 Å². The van der Waals surface area contributed by atoms with E-state index < -0.39 is 11.9 Å². The lowest BCUT2D eigenvalue weighted by Crippen LogP contribution is -2.44. The van der Waals surface area contributed by atoms with Gasteiger partial charge < -0.3 is 24.7 Å². The number of carboxylic acid groups (broad SMARTS) is 2. The van der Waals surface area contributed by atoms with Gasteiger partial charge >= 0.3 is 11.9 Å². The van der Waals surface area contributed by atoms with Crippen LogP contribution in [0.15, 0.2) is 18.2 Å². The number of aryl methyl sites for hydroxylation is 1. The summed E-state index contributed by atoms with van der Waals surface area (Å²) >= 11 is 0. The maximum atomic E-state index is 10.8. The molecule has 1 aliphatic heterocycles. The van der Waals surface area contributed by atoms with Gasteiger partial charge in [-0.3, -0.25) is 10.1 Å². The van der Waals surface area contributed by atoms with E-state index in [1.165, 1.54) is 6.07 Å². The van der Waals surface area contributed by atoms with Crippen LogP contribution in [0.4, 0.5) is 5.69 Å². The molecule has 0 saturated carbocycles. The minimum Gasteiger partial charge on any atom is -0.494 e. The fourth-order valence-corrected chi connectivity index (χ4v) is 2.62. The van der Waals surface area contributed by atoms with Crippen molar-refractivity contribution >= 4 is 17.6 Å². The van der Waals surface area contributed by atoms with Gasteiger partial charge in [0.05, 0.1) is 11.5 Å². The van der Waals surface area contributed by atoms with Crippen molar-refractivity contribution in [3.8, 4) is 5.75 Å². The second kappa shape index (κ2) is 11.9. The average molecular weight is 397 g/mol. The fourth-order valence-electron chi connectivity index (χ4n) is 2.62. The summed E-state index contributed by atoms with van der Waals surface area (Å²) in [4.78, 5) is 33.4. The predicted molar refractivity (Wildman–Crippen MR) is 102 cm³/mol. The van der Waals surface area contributed by atoms with Crippen molar-refractivity contribution in [1.82, 2.24) is 9.80 Å². The molecular formula is C18H27N3O7. The van der Waals surface area contributed by atoms with Gasteiger partial charge in [0.2, 0.25) is 0 Å². The number of hydrogen-bond donors (Lipinski definition) is 2. The number of carbonyl (C=O) groups is 2. The lowest BCUT2D eigenvalue weighted by molar-refractivity contribution is -0.385. The molecule has 0 spiro atoms. The number of carboxylic acids is 2. The van der Waals surface area contributed by atoms with Crippen molar-refractivity contribution in [2.75, 3.05) is 46.4 Å². The Kier molecular flexibility index (Phi) is 9.89. The molecule has 28 heavy (non-hydrogen) atoms. The molecule has 156 valence electrons. The molecule has 1 aliphatic rings. The molecule has 2 N–H and O–H groups in total. The first-order chi connectivity index (χ1) is 13.2. The molecule has 2 rings (SSSR count). The van der Waals surface area contributed by atoms with Crippen LogP contribution in [0.2, 0.25) is 0 Å². The Morgan fingerprint density at radius 1 is 1.14 bits per heavy atom. The van der Waals surface area contributed by atoms with E-state index in [9.17, 15) is 10.1 Å². The molecule has 10 heteroatoms. The number of hydrogen-bond acceptors (Lipinski definition) is 7. The number of piperazine rings is 1. The number of nitro benzene ring substituents is 1. The molecule has 1 aromatic carbocycles. The first-order valence-electron chi connectivity index (χ1n) is 8.95. The average Bonchev–Trinajstić information content (AvgIpc) is 2.63. The zero-order chi connectivity index (χ0) is 21.1. The Labute approximate surface area is 163 Å². The molecule has 0 aromatic heterocycles. The lowest BCUT2D eigenvalue weighted by Gasteiger charge is -2.32. The summed E-state index contributed by atoms with van der Waals surface area (Å²) in [6, 6.07) is 4.92. The smallest absolute Gasteiger partial charge is 0.414 e. The third kappa shape index (κ3) is 8.78. The van der Waals surface area contributed by atoms with Gasteiger partial charge in [-0.15, -0.1) is 0 Å². The number of unbranched alkanes of at least 4 members (excludes halogenated alkanes) is 1. The van der Waals surface area contributed by atoms with Gasteiger partial charge in [-0.05, 0) is 45.5 Å².